The number of nitrogens with one attached hydrogen (secondary N) is 1. The zero-order valence-corrected chi connectivity index (χ0v) is 11.2. The molecule has 1 unspecified atom stereocenters. The summed E-state index contributed by atoms with van der Waals surface area (Å²) in [6.07, 6.45) is 8.56. The molecule has 0 aromatic carbocycles. The van der Waals surface area contributed by atoms with E-state index in [0.717, 1.165) is 16.8 Å². The third-order valence-electron chi connectivity index (χ3n) is 3.30. The van der Waals surface area contributed by atoms with Gasteiger partial charge in [0.1, 0.15) is 0 Å². The first kappa shape index (κ1) is 13.2. The van der Waals surface area contributed by atoms with Crippen LogP contribution in [0.1, 0.15) is 20.8 Å². The number of carbonyl (C=O) groups is 2. The SMILES string of the molecule is C/C=C\C(=O)N=C1C=CC2C(=C1)NC(=O)C(C)=C2C. The Hall–Kier alpha value is -2.23. The minimum atomic E-state index is -0.303. The summed E-state index contributed by atoms with van der Waals surface area (Å²) in [6.45, 7) is 5.53. The number of fused-ring (bicyclic) bond motifs is 1. The maximum Gasteiger partial charge on any atom is 0.269 e. The fourth-order valence-corrected chi connectivity index (χ4v) is 2.10. The molecule has 0 aromatic rings. The lowest BCUT2D eigenvalue weighted by molar-refractivity contribution is -0.117. The standard InChI is InChI=1S/C15H16N2O2/c1-4-5-14(18)16-11-6-7-12-9(2)10(3)15(19)17-13(12)8-11/h4-8,12H,1-3H3,(H,17,19)/b5-4-,16-11?. The van der Waals surface area contributed by atoms with Crippen LogP contribution >= 0.6 is 0 Å². The van der Waals surface area contributed by atoms with Gasteiger partial charge in [0, 0.05) is 23.3 Å². The van der Waals surface area contributed by atoms with Crippen molar-refractivity contribution in [2.24, 2.45) is 10.9 Å². The number of hydrogen-bond acceptors (Lipinski definition) is 2. The predicted molar refractivity (Wildman–Crippen MR) is 74.5 cm³/mol. The first-order valence-electron chi connectivity index (χ1n) is 6.16. The Morgan fingerprint density at radius 2 is 2.16 bits per heavy atom. The second-order valence-corrected chi connectivity index (χ2v) is 4.57. The number of nitrogens with zero attached hydrogens (tertiary/aromatic N) is 1. The Morgan fingerprint density at radius 3 is 2.84 bits per heavy atom. The predicted octanol–water partition coefficient (Wildman–Crippen LogP) is 2.07. The molecule has 98 valence electrons. The van der Waals surface area contributed by atoms with E-state index in [9.17, 15) is 9.59 Å². The van der Waals surface area contributed by atoms with Gasteiger partial charge in [-0.05, 0) is 32.9 Å². The average molecular weight is 256 g/mol. The van der Waals surface area contributed by atoms with E-state index in [1.54, 1.807) is 19.1 Å². The molecule has 1 atom stereocenters. The van der Waals surface area contributed by atoms with Crippen LogP contribution in [0, 0.1) is 5.92 Å². The summed E-state index contributed by atoms with van der Waals surface area (Å²) in [7, 11) is 0. The lowest BCUT2D eigenvalue weighted by Crippen LogP contribution is -2.35. The van der Waals surface area contributed by atoms with E-state index >= 15 is 0 Å². The maximum absolute atomic E-state index is 11.7. The van der Waals surface area contributed by atoms with Gasteiger partial charge >= 0.3 is 0 Å². The normalized spacial score (nSPS) is 24.6. The van der Waals surface area contributed by atoms with Gasteiger partial charge in [-0.3, -0.25) is 9.59 Å². The van der Waals surface area contributed by atoms with Gasteiger partial charge in [0.25, 0.3) is 11.8 Å². The molecule has 4 nitrogen and oxygen atoms in total. The summed E-state index contributed by atoms with van der Waals surface area (Å²) in [5.74, 6) is -0.314. The second kappa shape index (κ2) is 5.18. The van der Waals surface area contributed by atoms with Crippen molar-refractivity contribution in [1.82, 2.24) is 5.32 Å². The van der Waals surface area contributed by atoms with Gasteiger partial charge in [-0.15, -0.1) is 0 Å². The Morgan fingerprint density at radius 1 is 1.42 bits per heavy atom. The van der Waals surface area contributed by atoms with Crippen molar-refractivity contribution >= 4 is 17.5 Å². The smallest absolute Gasteiger partial charge is 0.269 e. The van der Waals surface area contributed by atoms with Gasteiger partial charge in [-0.2, -0.15) is 0 Å². The lowest BCUT2D eigenvalue weighted by Gasteiger charge is -2.28. The number of aliphatic imine (C=N–C) groups is 1. The topological polar surface area (TPSA) is 58.5 Å². The van der Waals surface area contributed by atoms with Crippen LogP contribution in [0.2, 0.25) is 0 Å². The fraction of sp³-hybridized carbons (Fsp3) is 0.267. The van der Waals surface area contributed by atoms with E-state index in [1.165, 1.54) is 6.08 Å². The molecule has 1 aliphatic heterocycles. The van der Waals surface area contributed by atoms with Crippen molar-refractivity contribution < 1.29 is 9.59 Å². The molecule has 0 saturated carbocycles. The molecule has 19 heavy (non-hydrogen) atoms. The Kier molecular flexibility index (Phi) is 3.60. The molecule has 1 heterocycles. The third kappa shape index (κ3) is 2.62. The summed E-state index contributed by atoms with van der Waals surface area (Å²) in [6, 6.07) is 0. The van der Waals surface area contributed by atoms with Crippen LogP contribution in [0.3, 0.4) is 0 Å². The van der Waals surface area contributed by atoms with Gasteiger partial charge in [0.15, 0.2) is 0 Å². The highest BCUT2D eigenvalue weighted by molar-refractivity contribution is 6.13. The van der Waals surface area contributed by atoms with Crippen molar-refractivity contribution in [3.63, 3.8) is 0 Å². The third-order valence-corrected chi connectivity index (χ3v) is 3.30. The molecular formula is C15H16N2O2. The quantitative estimate of drug-likeness (QED) is 0.730. The number of rotatable bonds is 1. The zero-order valence-electron chi connectivity index (χ0n) is 11.2. The van der Waals surface area contributed by atoms with Gasteiger partial charge in [0.2, 0.25) is 0 Å². The molecule has 1 N–H and O–H groups in total. The maximum atomic E-state index is 11.7. The first-order valence-corrected chi connectivity index (χ1v) is 6.16. The summed E-state index contributed by atoms with van der Waals surface area (Å²) in [4.78, 5) is 27.1. The molecule has 2 aliphatic rings. The number of amides is 2. The molecule has 2 rings (SSSR count). The van der Waals surface area contributed by atoms with Crippen molar-refractivity contribution in [2.45, 2.75) is 20.8 Å². The number of carbonyl (C=O) groups excluding carboxylic acids is 2. The largest absolute Gasteiger partial charge is 0.325 e. The molecule has 0 bridgehead atoms. The zero-order chi connectivity index (χ0) is 14.0. The van der Waals surface area contributed by atoms with E-state index in [4.69, 9.17) is 0 Å². The van der Waals surface area contributed by atoms with Crippen molar-refractivity contribution in [1.29, 1.82) is 0 Å². The monoisotopic (exact) mass is 256 g/mol. The molecule has 0 radical (unpaired) electrons. The van der Waals surface area contributed by atoms with Crippen LogP contribution in [0.5, 0.6) is 0 Å². The molecule has 2 amide bonds. The Balaban J connectivity index is 2.32. The highest BCUT2D eigenvalue weighted by atomic mass is 16.2. The minimum absolute atomic E-state index is 0.0773. The van der Waals surface area contributed by atoms with Gasteiger partial charge < -0.3 is 5.32 Å². The van der Waals surface area contributed by atoms with Crippen molar-refractivity contribution in [3.05, 3.63) is 47.2 Å². The highest BCUT2D eigenvalue weighted by Gasteiger charge is 2.27. The van der Waals surface area contributed by atoms with E-state index in [2.05, 4.69) is 10.3 Å². The van der Waals surface area contributed by atoms with E-state index in [-0.39, 0.29) is 17.7 Å². The van der Waals surface area contributed by atoms with Crippen molar-refractivity contribution in [2.75, 3.05) is 0 Å². The summed E-state index contributed by atoms with van der Waals surface area (Å²) in [5, 5.41) is 2.84. The molecule has 0 aromatic heterocycles. The summed E-state index contributed by atoms with van der Waals surface area (Å²) < 4.78 is 0. The highest BCUT2D eigenvalue weighted by Crippen LogP contribution is 2.29. The Bertz CT molecular complexity index is 589. The van der Waals surface area contributed by atoms with Crippen LogP contribution in [-0.4, -0.2) is 17.5 Å². The molecular weight excluding hydrogens is 240 g/mol. The first-order chi connectivity index (χ1) is 9.02. The van der Waals surface area contributed by atoms with Crippen molar-refractivity contribution in [3.8, 4) is 0 Å². The number of hydrogen-bond donors (Lipinski definition) is 1. The van der Waals surface area contributed by atoms with Crippen LogP contribution in [0.15, 0.2) is 52.2 Å². The van der Waals surface area contributed by atoms with Gasteiger partial charge in [-0.1, -0.05) is 17.7 Å². The van der Waals surface area contributed by atoms with Crippen LogP contribution in [-0.2, 0) is 9.59 Å². The molecule has 0 fully saturated rings. The van der Waals surface area contributed by atoms with Crippen LogP contribution in [0.4, 0.5) is 0 Å². The molecule has 1 aliphatic carbocycles. The van der Waals surface area contributed by atoms with Gasteiger partial charge in [0.05, 0.1) is 5.71 Å². The van der Waals surface area contributed by atoms with E-state index in [0.29, 0.717) is 5.71 Å². The van der Waals surface area contributed by atoms with E-state index in [1.807, 2.05) is 26.0 Å². The van der Waals surface area contributed by atoms with E-state index < -0.39 is 0 Å². The molecule has 0 spiro atoms. The Labute approximate surface area is 112 Å². The summed E-state index contributed by atoms with van der Waals surface area (Å²) >= 11 is 0. The lowest BCUT2D eigenvalue weighted by atomic mass is 9.85. The second-order valence-electron chi connectivity index (χ2n) is 4.57. The van der Waals surface area contributed by atoms with Crippen LogP contribution < -0.4 is 5.32 Å². The van der Waals surface area contributed by atoms with Gasteiger partial charge in [-0.25, -0.2) is 4.99 Å². The average Bonchev–Trinajstić information content (AvgIpc) is 2.36. The van der Waals surface area contributed by atoms with Crippen LogP contribution in [0.25, 0.3) is 0 Å². The molecule has 0 saturated heterocycles. The fourth-order valence-electron chi connectivity index (χ4n) is 2.10. The minimum Gasteiger partial charge on any atom is -0.325 e. The molecule has 4 heteroatoms. The summed E-state index contributed by atoms with van der Waals surface area (Å²) in [5.41, 5.74) is 3.12. The number of allylic oxidation sites excluding steroid dienone is 4.